The minimum Gasteiger partial charge on any atom is -0.466 e. The van der Waals surface area contributed by atoms with Crippen LogP contribution in [0.3, 0.4) is 0 Å². The van der Waals surface area contributed by atoms with Crippen molar-refractivity contribution in [2.45, 2.75) is 32.4 Å². The first-order valence-electron chi connectivity index (χ1n) is 11.4. The summed E-state index contributed by atoms with van der Waals surface area (Å²) in [6.07, 6.45) is 0.879. The molecule has 35 heavy (non-hydrogen) atoms. The quantitative estimate of drug-likeness (QED) is 0.524. The van der Waals surface area contributed by atoms with E-state index < -0.39 is 24.0 Å². The van der Waals surface area contributed by atoms with Gasteiger partial charge in [-0.05, 0) is 31.5 Å². The molecule has 1 atom stereocenters. The summed E-state index contributed by atoms with van der Waals surface area (Å²) in [6, 6.07) is 17.0. The highest BCUT2D eigenvalue weighted by atomic mass is 16.5. The van der Waals surface area contributed by atoms with Crippen molar-refractivity contribution in [1.82, 2.24) is 14.5 Å². The Balaban J connectivity index is 1.74. The van der Waals surface area contributed by atoms with Crippen LogP contribution in [-0.2, 0) is 25.6 Å². The van der Waals surface area contributed by atoms with Crippen LogP contribution in [0.1, 0.15) is 25.3 Å². The minimum atomic E-state index is -0.816. The Kier molecular flexibility index (Phi) is 7.02. The predicted molar refractivity (Wildman–Crippen MR) is 131 cm³/mol. The van der Waals surface area contributed by atoms with Crippen LogP contribution in [0.5, 0.6) is 0 Å². The number of aliphatic hydroxyl groups is 1. The molecular weight excluding hydrogens is 446 g/mol. The molecule has 2 aromatic carbocycles. The number of rotatable bonds is 7. The van der Waals surface area contributed by atoms with Gasteiger partial charge < -0.3 is 24.0 Å². The smallest absolute Gasteiger partial charge is 0.336 e. The van der Waals surface area contributed by atoms with E-state index in [0.717, 1.165) is 16.6 Å². The van der Waals surface area contributed by atoms with Gasteiger partial charge >= 0.3 is 11.9 Å². The Hall–Kier alpha value is -3.91. The third-order valence-corrected chi connectivity index (χ3v) is 6.44. The molecule has 1 unspecified atom stereocenters. The van der Waals surface area contributed by atoms with E-state index in [1.807, 2.05) is 59.2 Å². The van der Waals surface area contributed by atoms with Crippen molar-refractivity contribution in [2.24, 2.45) is 0 Å². The Morgan fingerprint density at radius 1 is 0.914 bits per heavy atom. The molecule has 8 nitrogen and oxygen atoms in total. The maximum absolute atomic E-state index is 13.0. The topological polar surface area (TPSA) is 93.9 Å². The number of aliphatic hydroxyl groups excluding tert-OH is 1. The van der Waals surface area contributed by atoms with Crippen molar-refractivity contribution in [3.8, 4) is 0 Å². The number of nitrogens with zero attached hydrogens (tertiary/aromatic N) is 3. The maximum atomic E-state index is 13.0. The number of methoxy groups -OCH3 is 2. The molecule has 2 heterocycles. The summed E-state index contributed by atoms with van der Waals surface area (Å²) in [7, 11) is 2.63. The lowest BCUT2D eigenvalue weighted by Gasteiger charge is -2.38. The third kappa shape index (κ3) is 4.57. The Bertz CT molecular complexity index is 1270. The van der Waals surface area contributed by atoms with Gasteiger partial charge in [0.2, 0.25) is 0 Å². The lowest BCUT2D eigenvalue weighted by atomic mass is 9.79. The van der Waals surface area contributed by atoms with Crippen molar-refractivity contribution < 1.29 is 24.2 Å². The zero-order valence-corrected chi connectivity index (χ0v) is 20.3. The average molecular weight is 476 g/mol. The van der Waals surface area contributed by atoms with Gasteiger partial charge in [0.25, 0.3) is 0 Å². The van der Waals surface area contributed by atoms with Gasteiger partial charge in [-0.1, -0.05) is 42.5 Å². The summed E-state index contributed by atoms with van der Waals surface area (Å²) in [6.45, 7) is 4.06. The number of carbonyl (C=O) groups excluding carboxylic acids is 2. The second-order valence-electron chi connectivity index (χ2n) is 8.48. The van der Waals surface area contributed by atoms with E-state index in [1.54, 1.807) is 25.1 Å². The number of benzene rings is 2. The Morgan fingerprint density at radius 3 is 2.09 bits per heavy atom. The predicted octanol–water partition coefficient (Wildman–Crippen LogP) is 3.39. The molecule has 1 aromatic heterocycles. The molecule has 1 N–H and O–H groups in total. The normalized spacial score (nSPS) is 15.5. The number of allylic oxidation sites excluding steroid dienone is 2. The molecular formula is C27H29N3O5. The average Bonchev–Trinajstić information content (AvgIpc) is 3.28. The van der Waals surface area contributed by atoms with Crippen LogP contribution >= 0.6 is 0 Å². The SMILES string of the molecule is COC(=O)C1=C(C)N(CC(O)Cn2cnc3ccccc32)C(C)=C(C(=O)OC)C1c1ccccc1. The third-order valence-electron chi connectivity index (χ3n) is 6.44. The van der Waals surface area contributed by atoms with Crippen LogP contribution in [-0.4, -0.2) is 58.4 Å². The van der Waals surface area contributed by atoms with Crippen molar-refractivity contribution in [3.63, 3.8) is 0 Å². The van der Waals surface area contributed by atoms with Crippen LogP contribution in [0.15, 0.2) is 83.5 Å². The van der Waals surface area contributed by atoms with Crippen LogP contribution < -0.4 is 0 Å². The van der Waals surface area contributed by atoms with Crippen LogP contribution in [0.2, 0.25) is 0 Å². The fourth-order valence-corrected chi connectivity index (χ4v) is 4.76. The van der Waals surface area contributed by atoms with Gasteiger partial charge in [-0.15, -0.1) is 0 Å². The number of fused-ring (bicyclic) bond motifs is 1. The van der Waals surface area contributed by atoms with Crippen LogP contribution in [0.4, 0.5) is 0 Å². The number of ether oxygens (including phenoxy) is 2. The second-order valence-corrected chi connectivity index (χ2v) is 8.48. The van der Waals surface area contributed by atoms with E-state index in [4.69, 9.17) is 9.47 Å². The summed E-state index contributed by atoms with van der Waals surface area (Å²) >= 11 is 0. The molecule has 182 valence electrons. The number of imidazole rings is 1. The van der Waals surface area contributed by atoms with Gasteiger partial charge in [0.15, 0.2) is 0 Å². The fraction of sp³-hybridized carbons (Fsp3) is 0.296. The molecule has 8 heteroatoms. The molecule has 0 spiro atoms. The van der Waals surface area contributed by atoms with E-state index in [-0.39, 0.29) is 6.54 Å². The number of β-amino-alcohol motifs (C(OH)–C–C–N with tert-alkyl or cyclic N) is 1. The molecule has 3 aromatic rings. The largest absolute Gasteiger partial charge is 0.466 e. The molecule has 1 aliphatic rings. The van der Waals surface area contributed by atoms with Crippen molar-refractivity contribution in [2.75, 3.05) is 20.8 Å². The van der Waals surface area contributed by atoms with E-state index in [0.29, 0.717) is 29.1 Å². The van der Waals surface area contributed by atoms with E-state index in [9.17, 15) is 14.7 Å². The van der Waals surface area contributed by atoms with Gasteiger partial charge in [0, 0.05) is 11.4 Å². The summed E-state index contributed by atoms with van der Waals surface area (Å²) in [4.78, 5) is 32.2. The summed E-state index contributed by atoms with van der Waals surface area (Å²) < 4.78 is 12.1. The Morgan fingerprint density at radius 2 is 1.49 bits per heavy atom. The Labute approximate surface area is 204 Å². The standard InChI is InChI=1S/C27H29N3O5/c1-17-23(26(32)34-3)25(19-10-6-5-7-11-19)24(27(33)35-4)18(2)30(17)15-20(31)14-29-16-28-21-12-8-9-13-22(21)29/h5-13,16,20,25,31H,14-15H2,1-4H3. The highest BCUT2D eigenvalue weighted by Crippen LogP contribution is 2.42. The first kappa shape index (κ1) is 24.2. The van der Waals surface area contributed by atoms with Crippen LogP contribution in [0.25, 0.3) is 11.0 Å². The minimum absolute atomic E-state index is 0.159. The molecule has 1 aliphatic heterocycles. The lowest BCUT2D eigenvalue weighted by Crippen LogP contribution is -2.39. The maximum Gasteiger partial charge on any atom is 0.336 e. The fourth-order valence-electron chi connectivity index (χ4n) is 4.76. The first-order valence-corrected chi connectivity index (χ1v) is 11.4. The van der Waals surface area contributed by atoms with E-state index >= 15 is 0 Å². The number of hydrogen-bond donors (Lipinski definition) is 1. The molecule has 0 radical (unpaired) electrons. The monoisotopic (exact) mass is 475 g/mol. The molecule has 0 bridgehead atoms. The zero-order valence-electron chi connectivity index (χ0n) is 20.3. The number of hydrogen-bond acceptors (Lipinski definition) is 7. The van der Waals surface area contributed by atoms with Gasteiger partial charge in [-0.2, -0.15) is 0 Å². The highest BCUT2D eigenvalue weighted by Gasteiger charge is 2.40. The molecule has 0 saturated carbocycles. The molecule has 0 fully saturated rings. The number of carbonyl (C=O) groups is 2. The first-order chi connectivity index (χ1) is 16.9. The summed E-state index contributed by atoms with van der Waals surface area (Å²) in [5, 5.41) is 11.0. The van der Waals surface area contributed by atoms with Gasteiger partial charge in [-0.25, -0.2) is 14.6 Å². The molecule has 0 saturated heterocycles. The molecule has 4 rings (SSSR count). The highest BCUT2D eigenvalue weighted by molar-refractivity contribution is 5.99. The van der Waals surface area contributed by atoms with Crippen LogP contribution in [0, 0.1) is 0 Å². The van der Waals surface area contributed by atoms with Crippen molar-refractivity contribution in [1.29, 1.82) is 0 Å². The zero-order chi connectivity index (χ0) is 25.1. The van der Waals surface area contributed by atoms with Gasteiger partial charge in [0.05, 0.1) is 67.8 Å². The summed E-state index contributed by atoms with van der Waals surface area (Å²) in [5.74, 6) is -1.72. The van der Waals surface area contributed by atoms with Crippen molar-refractivity contribution in [3.05, 3.63) is 89.0 Å². The number of esters is 2. The second kappa shape index (κ2) is 10.1. The lowest BCUT2D eigenvalue weighted by molar-refractivity contribution is -0.137. The molecule has 0 amide bonds. The van der Waals surface area contributed by atoms with Gasteiger partial charge in [0.1, 0.15) is 0 Å². The van der Waals surface area contributed by atoms with E-state index in [1.165, 1.54) is 14.2 Å². The number of aromatic nitrogens is 2. The van der Waals surface area contributed by atoms with Crippen molar-refractivity contribution >= 4 is 23.0 Å². The molecule has 0 aliphatic carbocycles. The number of para-hydroxylation sites is 2. The van der Waals surface area contributed by atoms with Gasteiger partial charge in [-0.3, -0.25) is 0 Å². The van der Waals surface area contributed by atoms with E-state index in [2.05, 4.69) is 4.98 Å². The summed E-state index contributed by atoms with van der Waals surface area (Å²) in [5.41, 5.74) is 4.44.